The van der Waals surface area contributed by atoms with Gasteiger partial charge >= 0.3 is 6.01 Å². The normalized spacial score (nSPS) is 10.8. The molecule has 2 aromatic rings. The number of benzene rings is 1. The van der Waals surface area contributed by atoms with Crippen molar-refractivity contribution in [2.24, 2.45) is 0 Å². The van der Waals surface area contributed by atoms with Crippen molar-refractivity contribution in [2.45, 2.75) is 20.0 Å². The van der Waals surface area contributed by atoms with Crippen molar-refractivity contribution in [2.75, 3.05) is 5.73 Å². The molecule has 2 rings (SSSR count). The van der Waals surface area contributed by atoms with E-state index in [1.165, 1.54) is 0 Å². The number of aromatic nitrogens is 3. The molecule has 19 heavy (non-hydrogen) atoms. The molecular weight excluding hydrogens is 254 g/mol. The predicted octanol–water partition coefficient (Wildman–Crippen LogP) is 2.19. The molecule has 0 saturated heterocycles. The molecule has 0 amide bonds. The average Bonchev–Trinajstić information content (AvgIpc) is 2.30. The van der Waals surface area contributed by atoms with Gasteiger partial charge in [0.25, 0.3) is 0 Å². The van der Waals surface area contributed by atoms with Gasteiger partial charge in [0.05, 0.1) is 11.7 Å². The van der Waals surface area contributed by atoms with Crippen LogP contribution in [-0.4, -0.2) is 21.1 Å². The minimum absolute atomic E-state index is 0.0267. The maximum Gasteiger partial charge on any atom is 0.322 e. The molecule has 1 heterocycles. The summed E-state index contributed by atoms with van der Waals surface area (Å²) >= 11 is 0. The molecule has 0 fully saturated rings. The van der Waals surface area contributed by atoms with E-state index in [4.69, 9.17) is 10.5 Å². The number of rotatable bonds is 3. The molecule has 7 heteroatoms. The fourth-order valence-corrected chi connectivity index (χ4v) is 1.42. The van der Waals surface area contributed by atoms with Crippen LogP contribution in [0.15, 0.2) is 18.2 Å². The van der Waals surface area contributed by atoms with Gasteiger partial charge in [0.2, 0.25) is 5.95 Å². The van der Waals surface area contributed by atoms with Crippen LogP contribution in [0.1, 0.15) is 13.8 Å². The number of nitrogen functional groups attached to an aromatic ring is 1. The van der Waals surface area contributed by atoms with Crippen molar-refractivity contribution in [3.05, 3.63) is 29.8 Å². The zero-order valence-corrected chi connectivity index (χ0v) is 10.4. The molecule has 5 nitrogen and oxygen atoms in total. The Hall–Kier alpha value is -2.31. The van der Waals surface area contributed by atoms with E-state index >= 15 is 0 Å². The number of halogens is 2. The van der Waals surface area contributed by atoms with Gasteiger partial charge < -0.3 is 10.5 Å². The quantitative estimate of drug-likeness (QED) is 0.921. The standard InChI is InChI=1S/C12H12F2N4O/c1-6(2)19-12-17-10(16-11(15)18-12)8-5-7(13)3-4-9(8)14/h3-6H,1-2H3,(H2,15,16,17,18). The van der Waals surface area contributed by atoms with Crippen LogP contribution in [-0.2, 0) is 0 Å². The van der Waals surface area contributed by atoms with Gasteiger partial charge in [-0.15, -0.1) is 0 Å². The molecule has 0 saturated carbocycles. The Bertz CT molecular complexity index is 604. The van der Waals surface area contributed by atoms with Crippen LogP contribution in [0.25, 0.3) is 11.4 Å². The minimum Gasteiger partial charge on any atom is -0.461 e. The highest BCUT2D eigenvalue weighted by molar-refractivity contribution is 5.57. The molecule has 0 aliphatic rings. The second-order valence-corrected chi connectivity index (χ2v) is 4.09. The summed E-state index contributed by atoms with van der Waals surface area (Å²) in [5.41, 5.74) is 5.41. The predicted molar refractivity (Wildman–Crippen MR) is 65.4 cm³/mol. The number of hydrogen-bond acceptors (Lipinski definition) is 5. The Labute approximate surface area is 108 Å². The number of anilines is 1. The SMILES string of the molecule is CC(C)Oc1nc(N)nc(-c2cc(F)ccc2F)n1. The highest BCUT2D eigenvalue weighted by Gasteiger charge is 2.13. The fourth-order valence-electron chi connectivity index (χ4n) is 1.42. The Balaban J connectivity index is 2.49. The van der Waals surface area contributed by atoms with Crippen LogP contribution in [0.4, 0.5) is 14.7 Å². The average molecular weight is 266 g/mol. The Morgan fingerprint density at radius 3 is 2.58 bits per heavy atom. The van der Waals surface area contributed by atoms with E-state index < -0.39 is 11.6 Å². The third kappa shape index (κ3) is 3.12. The van der Waals surface area contributed by atoms with E-state index in [0.717, 1.165) is 18.2 Å². The molecule has 0 aliphatic heterocycles. The summed E-state index contributed by atoms with van der Waals surface area (Å²) in [5.74, 6) is -1.44. The van der Waals surface area contributed by atoms with Crippen molar-refractivity contribution in [1.29, 1.82) is 0 Å². The molecule has 100 valence electrons. The van der Waals surface area contributed by atoms with Gasteiger partial charge in [0, 0.05) is 0 Å². The topological polar surface area (TPSA) is 73.9 Å². The van der Waals surface area contributed by atoms with Gasteiger partial charge in [0.15, 0.2) is 5.82 Å². The lowest BCUT2D eigenvalue weighted by Crippen LogP contribution is -2.11. The second-order valence-electron chi connectivity index (χ2n) is 4.09. The molecule has 0 atom stereocenters. The lowest BCUT2D eigenvalue weighted by Gasteiger charge is -2.09. The molecular formula is C12H12F2N4O. The summed E-state index contributed by atoms with van der Waals surface area (Å²) in [5, 5.41) is 0. The van der Waals surface area contributed by atoms with E-state index in [0.29, 0.717) is 0 Å². The van der Waals surface area contributed by atoms with E-state index in [-0.39, 0.29) is 29.5 Å². The lowest BCUT2D eigenvalue weighted by molar-refractivity contribution is 0.222. The first-order valence-electron chi connectivity index (χ1n) is 5.59. The lowest BCUT2D eigenvalue weighted by atomic mass is 10.2. The minimum atomic E-state index is -0.650. The van der Waals surface area contributed by atoms with Crippen LogP contribution < -0.4 is 10.5 Å². The smallest absolute Gasteiger partial charge is 0.322 e. The summed E-state index contributed by atoms with van der Waals surface area (Å²) < 4.78 is 32.0. The summed E-state index contributed by atoms with van der Waals surface area (Å²) in [7, 11) is 0. The first-order valence-corrected chi connectivity index (χ1v) is 5.59. The molecule has 0 aliphatic carbocycles. The van der Waals surface area contributed by atoms with E-state index in [2.05, 4.69) is 15.0 Å². The Morgan fingerprint density at radius 1 is 1.16 bits per heavy atom. The number of hydrogen-bond donors (Lipinski definition) is 1. The van der Waals surface area contributed by atoms with Crippen molar-refractivity contribution >= 4 is 5.95 Å². The maximum atomic E-state index is 13.6. The molecule has 2 N–H and O–H groups in total. The number of ether oxygens (including phenoxy) is 1. The molecule has 0 spiro atoms. The van der Waals surface area contributed by atoms with Crippen LogP contribution in [0, 0.1) is 11.6 Å². The summed E-state index contributed by atoms with van der Waals surface area (Å²) in [4.78, 5) is 11.5. The largest absolute Gasteiger partial charge is 0.461 e. The third-order valence-corrected chi connectivity index (χ3v) is 2.14. The van der Waals surface area contributed by atoms with Crippen molar-refractivity contribution < 1.29 is 13.5 Å². The van der Waals surface area contributed by atoms with Gasteiger partial charge in [-0.2, -0.15) is 15.0 Å². The first kappa shape index (κ1) is 13.1. The van der Waals surface area contributed by atoms with Crippen molar-refractivity contribution in [3.8, 4) is 17.4 Å². The first-order chi connectivity index (χ1) is 8.95. The highest BCUT2D eigenvalue weighted by Crippen LogP contribution is 2.22. The van der Waals surface area contributed by atoms with Crippen molar-refractivity contribution in [1.82, 2.24) is 15.0 Å². The molecule has 0 bridgehead atoms. The molecule has 0 unspecified atom stereocenters. The van der Waals surface area contributed by atoms with Gasteiger partial charge in [-0.05, 0) is 32.0 Å². The third-order valence-electron chi connectivity index (χ3n) is 2.14. The zero-order chi connectivity index (χ0) is 14.0. The Kier molecular flexibility index (Phi) is 3.55. The summed E-state index contributed by atoms with van der Waals surface area (Å²) in [6.07, 6.45) is -0.174. The van der Waals surface area contributed by atoms with Gasteiger partial charge in [0.1, 0.15) is 11.6 Å². The Morgan fingerprint density at radius 2 is 1.89 bits per heavy atom. The van der Waals surface area contributed by atoms with Gasteiger partial charge in [-0.1, -0.05) is 0 Å². The van der Waals surface area contributed by atoms with Crippen LogP contribution in [0.3, 0.4) is 0 Å². The van der Waals surface area contributed by atoms with Crippen molar-refractivity contribution in [3.63, 3.8) is 0 Å². The van der Waals surface area contributed by atoms with E-state index in [1.807, 2.05) is 0 Å². The molecule has 0 radical (unpaired) electrons. The maximum absolute atomic E-state index is 13.6. The fraction of sp³-hybridized carbons (Fsp3) is 0.250. The monoisotopic (exact) mass is 266 g/mol. The zero-order valence-electron chi connectivity index (χ0n) is 10.4. The second kappa shape index (κ2) is 5.13. The number of nitrogens with two attached hydrogens (primary N) is 1. The van der Waals surface area contributed by atoms with Crippen LogP contribution >= 0.6 is 0 Å². The van der Waals surface area contributed by atoms with Crippen LogP contribution in [0.5, 0.6) is 6.01 Å². The molecule has 1 aromatic carbocycles. The van der Waals surface area contributed by atoms with E-state index in [9.17, 15) is 8.78 Å². The van der Waals surface area contributed by atoms with Crippen LogP contribution in [0.2, 0.25) is 0 Å². The summed E-state index contributed by atoms with van der Waals surface area (Å²) in [6.45, 7) is 3.56. The van der Waals surface area contributed by atoms with E-state index in [1.54, 1.807) is 13.8 Å². The van der Waals surface area contributed by atoms with Gasteiger partial charge in [-0.3, -0.25) is 0 Å². The van der Waals surface area contributed by atoms with Gasteiger partial charge in [-0.25, -0.2) is 8.78 Å². The molecule has 1 aromatic heterocycles. The number of nitrogens with zero attached hydrogens (tertiary/aromatic N) is 3. The highest BCUT2D eigenvalue weighted by atomic mass is 19.1. The summed E-state index contributed by atoms with van der Waals surface area (Å²) in [6, 6.07) is 2.97.